The predicted octanol–water partition coefficient (Wildman–Crippen LogP) is 5.45. The summed E-state index contributed by atoms with van der Waals surface area (Å²) in [6.45, 7) is 4.18. The van der Waals surface area contributed by atoms with E-state index in [0.717, 1.165) is 23.1 Å². The average Bonchev–Trinajstić information content (AvgIpc) is 3.06. The normalized spacial score (nSPS) is 11.1. The molecule has 3 nitrogen and oxygen atoms in total. The number of hydrogen-bond acceptors (Lipinski definition) is 4. The van der Waals surface area contributed by atoms with Crippen molar-refractivity contribution < 1.29 is 4.42 Å². The van der Waals surface area contributed by atoms with Crippen molar-refractivity contribution in [1.29, 1.82) is 0 Å². The maximum Gasteiger partial charge on any atom is 0.346 e. The van der Waals surface area contributed by atoms with Crippen molar-refractivity contribution in [1.82, 2.24) is 4.98 Å². The number of fused-ring (bicyclic) bond motifs is 1. The highest BCUT2D eigenvalue weighted by Gasteiger charge is 2.16. The molecule has 0 atom stereocenters. The van der Waals surface area contributed by atoms with Gasteiger partial charge in [0.2, 0.25) is 0 Å². The lowest BCUT2D eigenvalue weighted by molar-refractivity contribution is 0.563. The molecule has 124 valence electrons. The molecular formula is C21H17NO2S. The lowest BCUT2D eigenvalue weighted by atomic mass is 10.1. The zero-order valence-corrected chi connectivity index (χ0v) is 14.9. The lowest BCUT2D eigenvalue weighted by Crippen LogP contribution is -2.02. The largest absolute Gasteiger partial charge is 0.422 e. The number of hydrogen-bond donors (Lipinski definition) is 0. The summed E-state index contributed by atoms with van der Waals surface area (Å²) < 4.78 is 5.46. The highest BCUT2D eigenvalue weighted by Crippen LogP contribution is 2.34. The van der Waals surface area contributed by atoms with Crippen molar-refractivity contribution in [3.8, 4) is 21.8 Å². The highest BCUT2D eigenvalue weighted by atomic mass is 32.1. The summed E-state index contributed by atoms with van der Waals surface area (Å²) in [6.07, 6.45) is 0.875. The third kappa shape index (κ3) is 2.89. The van der Waals surface area contributed by atoms with Gasteiger partial charge in [-0.15, -0.1) is 11.3 Å². The van der Waals surface area contributed by atoms with Crippen molar-refractivity contribution in [3.05, 3.63) is 75.5 Å². The van der Waals surface area contributed by atoms with Crippen LogP contribution in [0, 0.1) is 6.92 Å². The van der Waals surface area contributed by atoms with E-state index in [1.54, 1.807) is 17.4 Å². The van der Waals surface area contributed by atoms with E-state index in [1.165, 1.54) is 10.4 Å². The van der Waals surface area contributed by atoms with Crippen LogP contribution in [0.4, 0.5) is 0 Å². The van der Waals surface area contributed by atoms with Gasteiger partial charge in [-0.3, -0.25) is 0 Å². The van der Waals surface area contributed by atoms with Gasteiger partial charge < -0.3 is 4.42 Å². The van der Waals surface area contributed by atoms with Gasteiger partial charge in [0.05, 0.1) is 11.3 Å². The zero-order chi connectivity index (χ0) is 17.4. The molecule has 0 saturated carbocycles. The van der Waals surface area contributed by atoms with Crippen LogP contribution in [0.5, 0.6) is 0 Å². The zero-order valence-electron chi connectivity index (χ0n) is 14.1. The third-order valence-electron chi connectivity index (χ3n) is 4.22. The number of thiazole rings is 1. The Morgan fingerprint density at radius 2 is 1.84 bits per heavy atom. The molecule has 2 heterocycles. The van der Waals surface area contributed by atoms with Gasteiger partial charge in [-0.25, -0.2) is 9.78 Å². The third-order valence-corrected chi connectivity index (χ3v) is 5.45. The molecule has 4 heteroatoms. The minimum absolute atomic E-state index is 0.342. The van der Waals surface area contributed by atoms with Gasteiger partial charge in [-0.1, -0.05) is 55.0 Å². The smallest absolute Gasteiger partial charge is 0.346 e. The van der Waals surface area contributed by atoms with Crippen LogP contribution in [0.2, 0.25) is 0 Å². The second kappa shape index (κ2) is 6.30. The minimum atomic E-state index is -0.342. The van der Waals surface area contributed by atoms with Crippen LogP contribution in [0.1, 0.15) is 17.4 Å². The topological polar surface area (TPSA) is 43.1 Å². The standard InChI is InChI=1S/C21H17NO2S/c1-3-18-19(14-10-8-13(2)9-11-14)22-20(25-18)16-12-15-6-4-5-7-17(15)24-21(16)23/h4-12H,3H2,1-2H3. The molecule has 0 aliphatic carbocycles. The van der Waals surface area contributed by atoms with Gasteiger partial charge >= 0.3 is 5.63 Å². The molecule has 0 amide bonds. The quantitative estimate of drug-likeness (QED) is 0.463. The molecule has 0 saturated heterocycles. The summed E-state index contributed by atoms with van der Waals surface area (Å²) in [5, 5.41) is 1.62. The molecule has 0 unspecified atom stereocenters. The number of benzene rings is 2. The summed E-state index contributed by atoms with van der Waals surface area (Å²) in [6, 6.07) is 17.7. The molecule has 0 aliphatic rings. The van der Waals surface area contributed by atoms with Crippen LogP contribution in [-0.4, -0.2) is 4.98 Å². The van der Waals surface area contributed by atoms with E-state index in [1.807, 2.05) is 24.3 Å². The molecule has 0 aliphatic heterocycles. The van der Waals surface area contributed by atoms with Crippen molar-refractivity contribution in [3.63, 3.8) is 0 Å². The molecule has 2 aromatic carbocycles. The Balaban J connectivity index is 1.88. The number of aromatic nitrogens is 1. The molecule has 0 bridgehead atoms. The average molecular weight is 347 g/mol. The molecule has 0 spiro atoms. The molecule has 0 fully saturated rings. The van der Waals surface area contributed by atoms with Crippen molar-refractivity contribution in [2.24, 2.45) is 0 Å². The lowest BCUT2D eigenvalue weighted by Gasteiger charge is -2.00. The first-order valence-electron chi connectivity index (χ1n) is 8.25. The predicted molar refractivity (Wildman–Crippen MR) is 103 cm³/mol. The van der Waals surface area contributed by atoms with Gasteiger partial charge in [0, 0.05) is 15.8 Å². The molecule has 4 rings (SSSR count). The van der Waals surface area contributed by atoms with E-state index in [9.17, 15) is 4.79 Å². The van der Waals surface area contributed by atoms with Crippen LogP contribution in [-0.2, 0) is 6.42 Å². The van der Waals surface area contributed by atoms with E-state index in [-0.39, 0.29) is 5.63 Å². The number of aryl methyl sites for hydroxylation is 2. The summed E-state index contributed by atoms with van der Waals surface area (Å²) >= 11 is 1.56. The maximum absolute atomic E-state index is 12.4. The minimum Gasteiger partial charge on any atom is -0.422 e. The van der Waals surface area contributed by atoms with Crippen molar-refractivity contribution in [2.75, 3.05) is 0 Å². The fourth-order valence-electron chi connectivity index (χ4n) is 2.85. The molecule has 2 aromatic heterocycles. The number of nitrogens with zero attached hydrogens (tertiary/aromatic N) is 1. The Morgan fingerprint density at radius 1 is 1.08 bits per heavy atom. The molecule has 25 heavy (non-hydrogen) atoms. The van der Waals surface area contributed by atoms with Crippen molar-refractivity contribution in [2.45, 2.75) is 20.3 Å². The molecule has 0 N–H and O–H groups in total. The maximum atomic E-state index is 12.4. The number of para-hydroxylation sites is 1. The molecular weight excluding hydrogens is 330 g/mol. The SMILES string of the molecule is CCc1sc(-c2cc3ccccc3oc2=O)nc1-c1ccc(C)cc1. The van der Waals surface area contributed by atoms with Gasteiger partial charge in [-0.05, 0) is 25.5 Å². The van der Waals surface area contributed by atoms with E-state index >= 15 is 0 Å². The number of rotatable bonds is 3. The first-order chi connectivity index (χ1) is 12.2. The Labute approximate surface area is 149 Å². The second-order valence-electron chi connectivity index (χ2n) is 6.00. The van der Waals surface area contributed by atoms with Crippen LogP contribution < -0.4 is 5.63 Å². The van der Waals surface area contributed by atoms with Crippen molar-refractivity contribution >= 4 is 22.3 Å². The van der Waals surface area contributed by atoms with Crippen LogP contribution in [0.3, 0.4) is 0 Å². The summed E-state index contributed by atoms with van der Waals surface area (Å²) in [7, 11) is 0. The summed E-state index contributed by atoms with van der Waals surface area (Å²) in [4.78, 5) is 18.4. The summed E-state index contributed by atoms with van der Waals surface area (Å²) in [5.41, 5.74) is 4.03. The van der Waals surface area contributed by atoms with Crippen LogP contribution in [0.15, 0.2) is 63.8 Å². The Bertz CT molecular complexity index is 1110. The second-order valence-corrected chi connectivity index (χ2v) is 7.08. The van der Waals surface area contributed by atoms with E-state index < -0.39 is 0 Å². The first kappa shape index (κ1) is 15.8. The van der Waals surface area contributed by atoms with Gasteiger partial charge in [0.15, 0.2) is 0 Å². The van der Waals surface area contributed by atoms with Gasteiger partial charge in [-0.2, -0.15) is 0 Å². The Morgan fingerprint density at radius 3 is 2.60 bits per heavy atom. The molecule has 4 aromatic rings. The monoisotopic (exact) mass is 347 g/mol. The fourth-order valence-corrected chi connectivity index (χ4v) is 3.88. The van der Waals surface area contributed by atoms with Crippen LogP contribution >= 0.6 is 11.3 Å². The fraction of sp³-hybridized carbons (Fsp3) is 0.143. The van der Waals surface area contributed by atoms with Crippen LogP contribution in [0.25, 0.3) is 32.8 Å². The van der Waals surface area contributed by atoms with E-state index in [0.29, 0.717) is 16.2 Å². The van der Waals surface area contributed by atoms with Gasteiger partial charge in [0.25, 0.3) is 0 Å². The van der Waals surface area contributed by atoms with E-state index in [4.69, 9.17) is 9.40 Å². The summed E-state index contributed by atoms with van der Waals surface area (Å²) in [5.74, 6) is 0. The van der Waals surface area contributed by atoms with E-state index in [2.05, 4.69) is 38.1 Å². The Kier molecular flexibility index (Phi) is 3.98. The highest BCUT2D eigenvalue weighted by molar-refractivity contribution is 7.15. The first-order valence-corrected chi connectivity index (χ1v) is 9.07. The Hall–Kier alpha value is -2.72. The van der Waals surface area contributed by atoms with Gasteiger partial charge in [0.1, 0.15) is 10.6 Å². The molecule has 0 radical (unpaired) electrons.